The molecule has 1 aliphatic heterocycles. The molecular formula is C17H20N2O2. The second-order valence-corrected chi connectivity index (χ2v) is 5.73. The fraction of sp³-hybridized carbons (Fsp3) is 0.412. The number of rotatable bonds is 3. The summed E-state index contributed by atoms with van der Waals surface area (Å²) < 4.78 is 0. The molecule has 21 heavy (non-hydrogen) atoms. The summed E-state index contributed by atoms with van der Waals surface area (Å²) in [7, 11) is 0. The van der Waals surface area contributed by atoms with Gasteiger partial charge >= 0.3 is 0 Å². The van der Waals surface area contributed by atoms with Crippen LogP contribution in [-0.2, 0) is 16.1 Å². The number of carbonyl (C=O) groups is 2. The summed E-state index contributed by atoms with van der Waals surface area (Å²) in [5.41, 5.74) is 3.13. The number of benzene rings is 1. The summed E-state index contributed by atoms with van der Waals surface area (Å²) in [5.74, 6) is -0.00233. The van der Waals surface area contributed by atoms with Crippen molar-refractivity contribution in [3.05, 3.63) is 47.0 Å². The molecule has 0 bridgehead atoms. The van der Waals surface area contributed by atoms with Gasteiger partial charge in [0.25, 0.3) is 5.91 Å². The van der Waals surface area contributed by atoms with Crippen molar-refractivity contribution in [2.45, 2.75) is 45.3 Å². The number of carbonyl (C=O) groups excluding carboxylic acids is 2. The third kappa shape index (κ3) is 2.71. The fourth-order valence-electron chi connectivity index (χ4n) is 3.25. The molecule has 2 amide bonds. The Morgan fingerprint density at radius 3 is 2.67 bits per heavy atom. The van der Waals surface area contributed by atoms with Crippen LogP contribution in [0.2, 0.25) is 0 Å². The van der Waals surface area contributed by atoms with Crippen molar-refractivity contribution in [3.63, 3.8) is 0 Å². The number of nitrogens with one attached hydrogen (secondary N) is 1. The minimum Gasteiger partial charge on any atom is -0.332 e. The van der Waals surface area contributed by atoms with E-state index >= 15 is 0 Å². The Balaban J connectivity index is 1.88. The van der Waals surface area contributed by atoms with Gasteiger partial charge in [0.1, 0.15) is 6.17 Å². The molecule has 1 aromatic rings. The van der Waals surface area contributed by atoms with Gasteiger partial charge in [0.15, 0.2) is 0 Å². The van der Waals surface area contributed by atoms with Crippen molar-refractivity contribution >= 4 is 11.8 Å². The highest BCUT2D eigenvalue weighted by Crippen LogP contribution is 2.36. The Bertz CT molecular complexity index is 592. The SMILES string of the molecule is CC(=O)N[C@H]1C2=C(CCCC2)C(=O)N1Cc1ccccc1. The molecule has 110 valence electrons. The van der Waals surface area contributed by atoms with Crippen molar-refractivity contribution in [1.82, 2.24) is 10.2 Å². The Labute approximate surface area is 124 Å². The molecule has 4 heteroatoms. The van der Waals surface area contributed by atoms with Crippen molar-refractivity contribution in [1.29, 1.82) is 0 Å². The zero-order valence-corrected chi connectivity index (χ0v) is 12.3. The first-order valence-corrected chi connectivity index (χ1v) is 7.50. The van der Waals surface area contributed by atoms with Crippen molar-refractivity contribution in [3.8, 4) is 0 Å². The molecule has 1 aromatic carbocycles. The summed E-state index contributed by atoms with van der Waals surface area (Å²) >= 11 is 0. The van der Waals surface area contributed by atoms with Gasteiger partial charge in [-0.2, -0.15) is 0 Å². The van der Waals surface area contributed by atoms with E-state index < -0.39 is 0 Å². The monoisotopic (exact) mass is 284 g/mol. The maximum absolute atomic E-state index is 12.7. The maximum atomic E-state index is 12.7. The van der Waals surface area contributed by atoms with Gasteiger partial charge in [0.2, 0.25) is 5.91 Å². The summed E-state index contributed by atoms with van der Waals surface area (Å²) in [6.45, 7) is 2.05. The minimum atomic E-state index is -0.259. The summed E-state index contributed by atoms with van der Waals surface area (Å²) in [5, 5.41) is 2.95. The first kappa shape index (κ1) is 13.9. The van der Waals surface area contributed by atoms with Gasteiger partial charge in [-0.1, -0.05) is 30.3 Å². The normalized spacial score (nSPS) is 21.5. The minimum absolute atomic E-state index is 0.0901. The Kier molecular flexibility index (Phi) is 3.78. The first-order valence-electron chi connectivity index (χ1n) is 7.50. The lowest BCUT2D eigenvalue weighted by Crippen LogP contribution is -2.46. The molecule has 1 aliphatic carbocycles. The number of hydrogen-bond donors (Lipinski definition) is 1. The van der Waals surface area contributed by atoms with Gasteiger partial charge in [-0.05, 0) is 36.8 Å². The molecule has 3 rings (SSSR count). The molecule has 4 nitrogen and oxygen atoms in total. The van der Waals surface area contributed by atoms with E-state index in [4.69, 9.17) is 0 Å². The third-order valence-electron chi connectivity index (χ3n) is 4.21. The van der Waals surface area contributed by atoms with Crippen LogP contribution in [0.15, 0.2) is 41.5 Å². The van der Waals surface area contributed by atoms with E-state index in [-0.39, 0.29) is 18.0 Å². The molecule has 0 saturated heterocycles. The van der Waals surface area contributed by atoms with E-state index in [0.29, 0.717) is 6.54 Å². The maximum Gasteiger partial charge on any atom is 0.252 e. The molecule has 1 atom stereocenters. The van der Waals surface area contributed by atoms with Crippen LogP contribution in [0.1, 0.15) is 38.2 Å². The van der Waals surface area contributed by atoms with E-state index in [1.807, 2.05) is 30.3 Å². The first-order chi connectivity index (χ1) is 10.2. The van der Waals surface area contributed by atoms with E-state index in [1.165, 1.54) is 6.92 Å². The van der Waals surface area contributed by atoms with Gasteiger partial charge in [0, 0.05) is 19.0 Å². The standard InChI is InChI=1S/C17H20N2O2/c1-12(20)18-16-14-9-5-6-10-15(14)17(21)19(16)11-13-7-3-2-4-8-13/h2-4,7-8,16H,5-6,9-11H2,1H3,(H,18,20)/t16-/m1/s1. The lowest BCUT2D eigenvalue weighted by Gasteiger charge is -2.28. The molecule has 0 fully saturated rings. The predicted molar refractivity (Wildman–Crippen MR) is 80.1 cm³/mol. The lowest BCUT2D eigenvalue weighted by molar-refractivity contribution is -0.129. The average molecular weight is 284 g/mol. The van der Waals surface area contributed by atoms with E-state index in [0.717, 1.165) is 42.4 Å². The van der Waals surface area contributed by atoms with Crippen LogP contribution in [0, 0.1) is 0 Å². The summed E-state index contributed by atoms with van der Waals surface area (Å²) in [6, 6.07) is 9.92. The summed E-state index contributed by atoms with van der Waals surface area (Å²) in [4.78, 5) is 26.0. The largest absolute Gasteiger partial charge is 0.332 e. The topological polar surface area (TPSA) is 49.4 Å². The Hall–Kier alpha value is -2.10. The lowest BCUT2D eigenvalue weighted by atomic mass is 9.92. The van der Waals surface area contributed by atoms with E-state index in [9.17, 15) is 9.59 Å². The zero-order valence-electron chi connectivity index (χ0n) is 12.3. The fourth-order valence-corrected chi connectivity index (χ4v) is 3.25. The molecule has 0 aromatic heterocycles. The third-order valence-corrected chi connectivity index (χ3v) is 4.21. The molecule has 0 radical (unpaired) electrons. The highest BCUT2D eigenvalue weighted by Gasteiger charge is 2.39. The Morgan fingerprint density at radius 1 is 1.24 bits per heavy atom. The van der Waals surface area contributed by atoms with Gasteiger partial charge in [-0.15, -0.1) is 0 Å². The van der Waals surface area contributed by atoms with Gasteiger partial charge in [-0.3, -0.25) is 9.59 Å². The molecule has 2 aliphatic rings. The molecular weight excluding hydrogens is 264 g/mol. The predicted octanol–water partition coefficient (Wildman–Crippen LogP) is 2.36. The second-order valence-electron chi connectivity index (χ2n) is 5.73. The van der Waals surface area contributed by atoms with Crippen LogP contribution in [0.25, 0.3) is 0 Å². The van der Waals surface area contributed by atoms with Crippen LogP contribution in [0.4, 0.5) is 0 Å². The van der Waals surface area contributed by atoms with Gasteiger partial charge in [0.05, 0.1) is 0 Å². The smallest absolute Gasteiger partial charge is 0.252 e. The van der Waals surface area contributed by atoms with Crippen LogP contribution in [0.3, 0.4) is 0 Å². The van der Waals surface area contributed by atoms with Crippen molar-refractivity contribution < 1.29 is 9.59 Å². The molecule has 0 unspecified atom stereocenters. The number of hydrogen-bond acceptors (Lipinski definition) is 2. The summed E-state index contributed by atoms with van der Waals surface area (Å²) in [6.07, 6.45) is 3.66. The van der Waals surface area contributed by atoms with Gasteiger partial charge < -0.3 is 10.2 Å². The van der Waals surface area contributed by atoms with E-state index in [2.05, 4.69) is 5.32 Å². The van der Waals surface area contributed by atoms with E-state index in [1.54, 1.807) is 4.90 Å². The van der Waals surface area contributed by atoms with Crippen molar-refractivity contribution in [2.75, 3.05) is 0 Å². The second kappa shape index (κ2) is 5.72. The zero-order chi connectivity index (χ0) is 14.8. The van der Waals surface area contributed by atoms with Crippen LogP contribution in [0.5, 0.6) is 0 Å². The van der Waals surface area contributed by atoms with Crippen molar-refractivity contribution in [2.24, 2.45) is 0 Å². The molecule has 0 spiro atoms. The van der Waals surface area contributed by atoms with Crippen LogP contribution < -0.4 is 5.32 Å². The van der Waals surface area contributed by atoms with Crippen LogP contribution >= 0.6 is 0 Å². The number of nitrogens with zero attached hydrogens (tertiary/aromatic N) is 1. The quantitative estimate of drug-likeness (QED) is 0.926. The highest BCUT2D eigenvalue weighted by molar-refractivity contribution is 5.98. The molecule has 1 heterocycles. The number of amides is 2. The molecule has 0 saturated carbocycles. The highest BCUT2D eigenvalue weighted by atomic mass is 16.2. The van der Waals surface area contributed by atoms with Gasteiger partial charge in [-0.25, -0.2) is 0 Å². The Morgan fingerprint density at radius 2 is 1.95 bits per heavy atom. The average Bonchev–Trinajstić information content (AvgIpc) is 2.74. The molecule has 1 N–H and O–H groups in total. The van der Waals surface area contributed by atoms with Crippen LogP contribution in [-0.4, -0.2) is 22.9 Å².